The van der Waals surface area contributed by atoms with Crippen molar-refractivity contribution in [3.63, 3.8) is 0 Å². The van der Waals surface area contributed by atoms with E-state index < -0.39 is 18.2 Å². The number of hydrogen-bond acceptors (Lipinski definition) is 10. The van der Waals surface area contributed by atoms with Crippen LogP contribution in [0.4, 0.5) is 8.78 Å². The third-order valence-electron chi connectivity index (χ3n) is 5.54. The maximum absolute atomic E-state index is 13.8. The SMILES string of the molecule is [NH3+][C@H](COc1cc(-c2ccc(F)s2)sc1-c1ccc(-c2sc(-c3ccc(F)s3)cc2OC[C@H]([NH3+])C(=O)O)s1)OC=O. The van der Waals surface area contributed by atoms with Crippen molar-refractivity contribution in [2.75, 3.05) is 13.2 Å². The van der Waals surface area contributed by atoms with Gasteiger partial charge in [0.25, 0.3) is 12.7 Å². The molecule has 0 amide bonds. The highest BCUT2D eigenvalue weighted by Crippen LogP contribution is 2.51. The molecule has 0 bridgehead atoms. The monoisotopic (exact) mass is 656 g/mol. The molecule has 7 N–H and O–H groups in total. The van der Waals surface area contributed by atoms with Gasteiger partial charge in [0.15, 0.2) is 23.5 Å². The van der Waals surface area contributed by atoms with Crippen molar-refractivity contribution in [1.29, 1.82) is 0 Å². The molecule has 0 aliphatic carbocycles. The van der Waals surface area contributed by atoms with Crippen LogP contribution >= 0.6 is 56.7 Å². The highest BCUT2D eigenvalue weighted by Gasteiger charge is 2.23. The van der Waals surface area contributed by atoms with E-state index >= 15 is 0 Å². The van der Waals surface area contributed by atoms with Gasteiger partial charge in [0.2, 0.25) is 6.04 Å². The minimum atomic E-state index is -1.07. The first-order valence-corrected chi connectivity index (χ1v) is 15.9. The summed E-state index contributed by atoms with van der Waals surface area (Å²) in [5.74, 6) is -0.0602. The van der Waals surface area contributed by atoms with Crippen LogP contribution in [0.3, 0.4) is 0 Å². The van der Waals surface area contributed by atoms with Gasteiger partial charge in [-0.2, -0.15) is 8.78 Å². The maximum Gasteiger partial charge on any atom is 0.366 e. The number of carbonyl (C=O) groups is 2. The van der Waals surface area contributed by atoms with Crippen LogP contribution in [0.1, 0.15) is 0 Å². The second kappa shape index (κ2) is 12.8. The molecular weight excluding hydrogens is 635 g/mol. The second-order valence-electron chi connectivity index (χ2n) is 8.49. The van der Waals surface area contributed by atoms with Crippen LogP contribution in [0.15, 0.2) is 48.5 Å². The number of ether oxygens (including phenoxy) is 3. The molecule has 5 heterocycles. The van der Waals surface area contributed by atoms with Gasteiger partial charge in [-0.3, -0.25) is 4.79 Å². The van der Waals surface area contributed by atoms with Crippen molar-refractivity contribution in [3.05, 3.63) is 58.8 Å². The Balaban J connectivity index is 1.50. The third kappa shape index (κ3) is 6.83. The standard InChI is InChI=1S/C26H20F2N2O6S5/c27-21-5-3-15(38-21)19-7-13(34-9-12(29)26(32)33)24(40-19)17-1-2-18(37-17)25-14(35-10-23(30)36-11-31)8-20(41-25)16-4-6-22(28)39-16/h1-8,11-12,23H,9-10,29-30H2,(H,32,33)/p+2/t12-,23-/m0/s1. The summed E-state index contributed by atoms with van der Waals surface area (Å²) in [6, 6.07) is 12.7. The molecule has 5 aromatic heterocycles. The normalized spacial score (nSPS) is 12.7. The van der Waals surface area contributed by atoms with E-state index in [1.807, 2.05) is 18.2 Å². The fourth-order valence-electron chi connectivity index (χ4n) is 3.59. The molecule has 0 saturated heterocycles. The minimum Gasteiger partial charge on any atom is -0.485 e. The molecule has 0 radical (unpaired) electrons. The Morgan fingerprint density at radius 2 is 1.24 bits per heavy atom. The van der Waals surface area contributed by atoms with Crippen molar-refractivity contribution in [1.82, 2.24) is 0 Å². The highest BCUT2D eigenvalue weighted by molar-refractivity contribution is 7.29. The zero-order chi connectivity index (χ0) is 29.1. The van der Waals surface area contributed by atoms with Crippen LogP contribution in [-0.2, 0) is 14.3 Å². The van der Waals surface area contributed by atoms with E-state index in [0.29, 0.717) is 18.0 Å². The predicted octanol–water partition coefficient (Wildman–Crippen LogP) is 5.13. The van der Waals surface area contributed by atoms with E-state index in [1.165, 1.54) is 46.1 Å². The van der Waals surface area contributed by atoms with E-state index in [1.54, 1.807) is 18.2 Å². The summed E-state index contributed by atoms with van der Waals surface area (Å²) in [6.07, 6.45) is -0.712. The molecular formula is C26H22F2N2O6S5+2. The van der Waals surface area contributed by atoms with Gasteiger partial charge in [-0.05, 0) is 36.4 Å². The molecule has 0 aliphatic rings. The molecule has 0 aromatic carbocycles. The van der Waals surface area contributed by atoms with Gasteiger partial charge < -0.3 is 30.8 Å². The molecule has 2 atom stereocenters. The van der Waals surface area contributed by atoms with Crippen LogP contribution in [0.25, 0.3) is 39.0 Å². The molecule has 0 spiro atoms. The van der Waals surface area contributed by atoms with E-state index in [-0.39, 0.29) is 23.5 Å². The lowest BCUT2D eigenvalue weighted by atomic mass is 10.3. The molecule has 8 nitrogen and oxygen atoms in total. The Kier molecular flexibility index (Phi) is 9.13. The number of carbonyl (C=O) groups excluding carboxylic acids is 1. The summed E-state index contributed by atoms with van der Waals surface area (Å²) in [6.45, 7) is 0.209. The molecule has 15 heteroatoms. The van der Waals surface area contributed by atoms with Crippen molar-refractivity contribution in [2.45, 2.75) is 12.3 Å². The Hall–Kier alpha value is -3.18. The fraction of sp³-hybridized carbons (Fsp3) is 0.154. The van der Waals surface area contributed by atoms with Gasteiger partial charge in [-0.25, -0.2) is 4.79 Å². The molecule has 0 unspecified atom stereocenters. The van der Waals surface area contributed by atoms with Gasteiger partial charge in [0.1, 0.15) is 11.5 Å². The van der Waals surface area contributed by atoms with Crippen LogP contribution < -0.4 is 20.9 Å². The lowest BCUT2D eigenvalue weighted by molar-refractivity contribution is -0.482. The second-order valence-corrected chi connectivity index (χ2v) is 13.7. The van der Waals surface area contributed by atoms with Gasteiger partial charge >= 0.3 is 5.97 Å². The first kappa shape index (κ1) is 29.3. The summed E-state index contributed by atoms with van der Waals surface area (Å²) < 4.78 is 44.2. The van der Waals surface area contributed by atoms with Crippen LogP contribution in [0, 0.1) is 10.3 Å². The first-order chi connectivity index (χ1) is 19.7. The van der Waals surface area contributed by atoms with Crippen LogP contribution in [0.5, 0.6) is 11.5 Å². The topological polar surface area (TPSA) is 137 Å². The van der Waals surface area contributed by atoms with Crippen LogP contribution in [-0.4, -0.2) is 43.0 Å². The predicted molar refractivity (Wildman–Crippen MR) is 157 cm³/mol. The van der Waals surface area contributed by atoms with E-state index in [9.17, 15) is 23.5 Å². The zero-order valence-electron chi connectivity index (χ0n) is 21.0. The molecule has 41 heavy (non-hydrogen) atoms. The average molecular weight is 657 g/mol. The van der Waals surface area contributed by atoms with E-state index in [2.05, 4.69) is 11.5 Å². The molecule has 0 saturated carbocycles. The number of aliphatic carboxylic acids is 1. The highest BCUT2D eigenvalue weighted by atomic mass is 32.1. The molecule has 5 rings (SSSR count). The van der Waals surface area contributed by atoms with Crippen LogP contribution in [0.2, 0.25) is 0 Å². The Morgan fingerprint density at radius 3 is 1.68 bits per heavy atom. The fourth-order valence-corrected chi connectivity index (χ4v) is 8.65. The first-order valence-electron chi connectivity index (χ1n) is 11.8. The average Bonchev–Trinajstić information content (AvgIpc) is 3.76. The Morgan fingerprint density at radius 1 is 0.756 bits per heavy atom. The van der Waals surface area contributed by atoms with Gasteiger partial charge in [0, 0.05) is 41.4 Å². The van der Waals surface area contributed by atoms with Gasteiger partial charge in [-0.15, -0.1) is 56.7 Å². The van der Waals surface area contributed by atoms with Crippen molar-refractivity contribution in [3.8, 4) is 50.5 Å². The molecule has 214 valence electrons. The van der Waals surface area contributed by atoms with Crippen molar-refractivity contribution in [2.24, 2.45) is 0 Å². The quantitative estimate of drug-likeness (QED) is 0.119. The molecule has 0 fully saturated rings. The number of thiophene rings is 5. The smallest absolute Gasteiger partial charge is 0.366 e. The summed E-state index contributed by atoms with van der Waals surface area (Å²) in [5, 5.41) is 8.63. The van der Waals surface area contributed by atoms with Crippen molar-refractivity contribution >= 4 is 69.1 Å². The number of halogens is 2. The number of carboxylic acids is 1. The summed E-state index contributed by atoms with van der Waals surface area (Å²) in [5.41, 5.74) is 7.35. The van der Waals surface area contributed by atoms with E-state index in [0.717, 1.165) is 61.7 Å². The summed E-state index contributed by atoms with van der Waals surface area (Å²) in [7, 11) is 0. The largest absolute Gasteiger partial charge is 0.485 e. The number of quaternary nitrogens is 2. The van der Waals surface area contributed by atoms with Gasteiger partial charge in [0.05, 0.1) is 9.75 Å². The van der Waals surface area contributed by atoms with Crippen molar-refractivity contribution < 1.29 is 49.2 Å². The maximum atomic E-state index is 13.8. The molecule has 5 aromatic rings. The third-order valence-corrected chi connectivity index (χ3v) is 11.4. The lowest BCUT2D eigenvalue weighted by Gasteiger charge is -2.09. The summed E-state index contributed by atoms with van der Waals surface area (Å²) in [4.78, 5) is 28.3. The summed E-state index contributed by atoms with van der Waals surface area (Å²) >= 11 is 6.35. The Bertz CT molecular complexity index is 1670. The minimum absolute atomic E-state index is 0.0262. The number of carboxylic acid groups (broad SMARTS) is 1. The zero-order valence-corrected chi connectivity index (χ0v) is 25.0. The molecule has 0 aliphatic heterocycles. The number of hydrogen-bond donors (Lipinski definition) is 3. The Labute approximate surface area is 252 Å². The van der Waals surface area contributed by atoms with E-state index in [4.69, 9.17) is 14.2 Å². The van der Waals surface area contributed by atoms with Gasteiger partial charge in [-0.1, -0.05) is 0 Å². The lowest BCUT2D eigenvalue weighted by Crippen LogP contribution is -2.67. The number of rotatable bonds is 13.